The van der Waals surface area contributed by atoms with Crippen LogP contribution in [-0.2, 0) is 19.1 Å². The zero-order valence-corrected chi connectivity index (χ0v) is 11.3. The Kier molecular flexibility index (Phi) is 3.61. The summed E-state index contributed by atoms with van der Waals surface area (Å²) in [5.41, 5.74) is -0.872. The molecule has 1 saturated carbocycles. The van der Waals surface area contributed by atoms with Crippen LogP contribution in [0.1, 0.15) is 32.6 Å². The van der Waals surface area contributed by atoms with Crippen LogP contribution >= 0.6 is 0 Å². The van der Waals surface area contributed by atoms with E-state index in [1.54, 1.807) is 7.11 Å². The molecule has 0 spiro atoms. The number of ether oxygens (including phenoxy) is 2. The van der Waals surface area contributed by atoms with Crippen LogP contribution in [0.2, 0.25) is 0 Å². The molecule has 1 amide bonds. The average molecular weight is 255 g/mol. The van der Waals surface area contributed by atoms with Gasteiger partial charge in [-0.2, -0.15) is 0 Å². The number of hydrogen-bond donors (Lipinski definition) is 0. The average Bonchev–Trinajstić information content (AvgIpc) is 3.18. The van der Waals surface area contributed by atoms with Crippen molar-refractivity contribution in [3.63, 3.8) is 0 Å². The van der Waals surface area contributed by atoms with Gasteiger partial charge >= 0.3 is 5.97 Å². The number of amides is 1. The first-order chi connectivity index (χ1) is 8.55. The predicted molar refractivity (Wildman–Crippen MR) is 64.9 cm³/mol. The predicted octanol–water partition coefficient (Wildman–Crippen LogP) is 0.965. The molecule has 1 unspecified atom stereocenters. The largest absolute Gasteiger partial charge is 0.468 e. The molecule has 1 aliphatic heterocycles. The highest BCUT2D eigenvalue weighted by Crippen LogP contribution is 2.49. The number of carbonyl (C=O) groups excluding carboxylic acids is 2. The van der Waals surface area contributed by atoms with E-state index in [1.165, 1.54) is 7.11 Å². The topological polar surface area (TPSA) is 55.8 Å². The number of methoxy groups -OCH3 is 2. The minimum atomic E-state index is -0.872. The van der Waals surface area contributed by atoms with Crippen LogP contribution < -0.4 is 0 Å². The first kappa shape index (κ1) is 13.3. The lowest BCUT2D eigenvalue weighted by Crippen LogP contribution is -2.51. The molecule has 0 aromatic carbocycles. The van der Waals surface area contributed by atoms with Crippen molar-refractivity contribution in [1.29, 1.82) is 0 Å². The van der Waals surface area contributed by atoms with Crippen molar-refractivity contribution in [2.24, 2.45) is 5.41 Å². The van der Waals surface area contributed by atoms with Gasteiger partial charge in [-0.05, 0) is 32.6 Å². The molecule has 5 nitrogen and oxygen atoms in total. The van der Waals surface area contributed by atoms with Crippen molar-refractivity contribution in [1.82, 2.24) is 4.90 Å². The van der Waals surface area contributed by atoms with E-state index in [4.69, 9.17) is 9.47 Å². The first-order valence-corrected chi connectivity index (χ1v) is 6.47. The van der Waals surface area contributed by atoms with Crippen LogP contribution in [0.15, 0.2) is 0 Å². The molecule has 102 valence electrons. The van der Waals surface area contributed by atoms with Gasteiger partial charge in [0.15, 0.2) is 0 Å². The minimum Gasteiger partial charge on any atom is -0.468 e. The number of likely N-dealkylation sites (tertiary alicyclic amines) is 1. The van der Waals surface area contributed by atoms with Crippen LogP contribution in [-0.4, -0.2) is 49.7 Å². The van der Waals surface area contributed by atoms with Gasteiger partial charge in [-0.1, -0.05) is 0 Å². The van der Waals surface area contributed by atoms with Gasteiger partial charge in [-0.15, -0.1) is 0 Å². The number of rotatable bonds is 3. The van der Waals surface area contributed by atoms with Gasteiger partial charge in [-0.3, -0.25) is 9.59 Å². The summed E-state index contributed by atoms with van der Waals surface area (Å²) in [7, 11) is 3.04. The Hall–Kier alpha value is -1.10. The molecule has 2 aliphatic rings. The van der Waals surface area contributed by atoms with Gasteiger partial charge in [0.05, 0.1) is 13.2 Å². The van der Waals surface area contributed by atoms with Crippen molar-refractivity contribution >= 4 is 11.9 Å². The van der Waals surface area contributed by atoms with E-state index in [0.717, 1.165) is 12.8 Å². The zero-order valence-electron chi connectivity index (χ0n) is 11.3. The highest BCUT2D eigenvalue weighted by molar-refractivity contribution is 6.05. The second-order valence-electron chi connectivity index (χ2n) is 5.30. The lowest BCUT2D eigenvalue weighted by molar-refractivity contribution is -0.158. The van der Waals surface area contributed by atoms with Crippen molar-refractivity contribution < 1.29 is 19.1 Å². The summed E-state index contributed by atoms with van der Waals surface area (Å²) < 4.78 is 10.1. The molecule has 1 heterocycles. The van der Waals surface area contributed by atoms with Crippen LogP contribution in [0.25, 0.3) is 0 Å². The normalized spacial score (nSPS) is 29.8. The zero-order chi connectivity index (χ0) is 13.3. The molecule has 18 heavy (non-hydrogen) atoms. The van der Waals surface area contributed by atoms with Crippen LogP contribution in [0.5, 0.6) is 0 Å². The number of carbonyl (C=O) groups is 2. The minimum absolute atomic E-state index is 0.0589. The van der Waals surface area contributed by atoms with Gasteiger partial charge < -0.3 is 14.4 Å². The summed E-state index contributed by atoms with van der Waals surface area (Å²) in [5, 5.41) is 0. The molecule has 0 aromatic rings. The van der Waals surface area contributed by atoms with Crippen LogP contribution in [0.4, 0.5) is 0 Å². The maximum atomic E-state index is 12.5. The Bertz CT molecular complexity index is 351. The van der Waals surface area contributed by atoms with E-state index in [-0.39, 0.29) is 24.0 Å². The maximum Gasteiger partial charge on any atom is 0.321 e. The monoisotopic (exact) mass is 255 g/mol. The summed E-state index contributed by atoms with van der Waals surface area (Å²) in [6.07, 6.45) is 3.13. The van der Waals surface area contributed by atoms with Crippen LogP contribution in [0.3, 0.4) is 0 Å². The molecule has 0 aromatic heterocycles. The van der Waals surface area contributed by atoms with Crippen molar-refractivity contribution in [2.45, 2.75) is 44.8 Å². The smallest absolute Gasteiger partial charge is 0.321 e. The molecular weight excluding hydrogens is 234 g/mol. The molecule has 2 rings (SSSR count). The first-order valence-electron chi connectivity index (χ1n) is 6.47. The van der Waals surface area contributed by atoms with Gasteiger partial charge in [0.25, 0.3) is 0 Å². The molecule has 5 heteroatoms. The van der Waals surface area contributed by atoms with Gasteiger partial charge in [0.2, 0.25) is 5.91 Å². The van der Waals surface area contributed by atoms with Crippen molar-refractivity contribution in [3.05, 3.63) is 0 Å². The fraction of sp³-hybridized carbons (Fsp3) is 0.846. The van der Waals surface area contributed by atoms with Gasteiger partial charge in [0.1, 0.15) is 5.41 Å². The Morgan fingerprint density at radius 1 is 1.28 bits per heavy atom. The van der Waals surface area contributed by atoms with E-state index < -0.39 is 5.41 Å². The number of nitrogens with zero attached hydrogens (tertiary/aromatic N) is 1. The van der Waals surface area contributed by atoms with E-state index in [2.05, 4.69) is 0 Å². The number of piperidine rings is 1. The van der Waals surface area contributed by atoms with Crippen LogP contribution in [0, 0.1) is 5.41 Å². The summed E-state index contributed by atoms with van der Waals surface area (Å²) in [5.74, 6) is -0.440. The SMILES string of the molecule is COC(=O)C1(C(=O)N2CCC(OC)C[C@@H]2C)CC1. The molecule has 0 bridgehead atoms. The third-order valence-corrected chi connectivity index (χ3v) is 4.16. The Labute approximate surface area is 107 Å². The molecule has 2 fully saturated rings. The van der Waals surface area contributed by atoms with E-state index >= 15 is 0 Å². The Balaban J connectivity index is 2.04. The Morgan fingerprint density at radius 2 is 1.94 bits per heavy atom. The second-order valence-corrected chi connectivity index (χ2v) is 5.30. The number of hydrogen-bond acceptors (Lipinski definition) is 4. The van der Waals surface area contributed by atoms with Crippen molar-refractivity contribution in [3.8, 4) is 0 Å². The molecule has 1 aliphatic carbocycles. The number of esters is 1. The third-order valence-electron chi connectivity index (χ3n) is 4.16. The quantitative estimate of drug-likeness (QED) is 0.557. The van der Waals surface area contributed by atoms with E-state index in [0.29, 0.717) is 19.4 Å². The van der Waals surface area contributed by atoms with Crippen molar-refractivity contribution in [2.75, 3.05) is 20.8 Å². The van der Waals surface area contributed by atoms with E-state index in [9.17, 15) is 9.59 Å². The van der Waals surface area contributed by atoms with Gasteiger partial charge in [-0.25, -0.2) is 0 Å². The summed E-state index contributed by atoms with van der Waals surface area (Å²) in [6, 6.07) is 0.123. The molecule has 1 saturated heterocycles. The Morgan fingerprint density at radius 3 is 2.39 bits per heavy atom. The summed E-state index contributed by atoms with van der Waals surface area (Å²) >= 11 is 0. The molecule has 0 radical (unpaired) electrons. The fourth-order valence-electron chi connectivity index (χ4n) is 2.75. The highest BCUT2D eigenvalue weighted by atomic mass is 16.5. The van der Waals surface area contributed by atoms with Gasteiger partial charge in [0, 0.05) is 19.7 Å². The van der Waals surface area contributed by atoms with E-state index in [1.807, 2.05) is 11.8 Å². The highest BCUT2D eigenvalue weighted by Gasteiger charge is 2.59. The molecule has 0 N–H and O–H groups in total. The maximum absolute atomic E-state index is 12.5. The summed E-state index contributed by atoms with van der Waals surface area (Å²) in [6.45, 7) is 2.67. The molecule has 2 atom stereocenters. The molecular formula is C13H21NO4. The lowest BCUT2D eigenvalue weighted by Gasteiger charge is -2.38. The summed E-state index contributed by atoms with van der Waals surface area (Å²) in [4.78, 5) is 26.0. The third kappa shape index (κ3) is 2.11. The lowest BCUT2D eigenvalue weighted by atomic mass is 9.96. The fourth-order valence-corrected chi connectivity index (χ4v) is 2.75. The standard InChI is InChI=1S/C13H21NO4/c1-9-8-10(17-2)4-7-14(9)11(15)13(5-6-13)12(16)18-3/h9-10H,4-8H2,1-3H3/t9-,10?/m0/s1. The second kappa shape index (κ2) is 4.88.